The molecule has 4 atom stereocenters. The molecule has 1 aliphatic heterocycles. The van der Waals surface area contributed by atoms with Crippen molar-refractivity contribution in [3.05, 3.63) is 78.4 Å². The number of aliphatic hydroxyl groups excluding tert-OH is 3. The van der Waals surface area contributed by atoms with Crippen LogP contribution in [0.2, 0.25) is 0 Å². The highest BCUT2D eigenvalue weighted by Gasteiger charge is 2.44. The van der Waals surface area contributed by atoms with Crippen molar-refractivity contribution < 1.29 is 24.8 Å². The molecular weight excluding hydrogens is 438 g/mol. The number of hydrogen-bond acceptors (Lipinski definition) is 9. The highest BCUT2D eigenvalue weighted by molar-refractivity contribution is 5.82. The van der Waals surface area contributed by atoms with Gasteiger partial charge in [-0.25, -0.2) is 15.0 Å². The Morgan fingerprint density at radius 1 is 0.941 bits per heavy atom. The van der Waals surface area contributed by atoms with Crippen molar-refractivity contribution in [2.24, 2.45) is 0 Å². The Balaban J connectivity index is 1.25. The predicted octanol–water partition coefficient (Wildman–Crippen LogP) is 1.63. The quantitative estimate of drug-likeness (QED) is 0.307. The van der Waals surface area contributed by atoms with Crippen LogP contribution in [-0.4, -0.2) is 59.8 Å². The molecule has 3 heterocycles. The van der Waals surface area contributed by atoms with E-state index in [0.29, 0.717) is 30.1 Å². The lowest BCUT2D eigenvalue weighted by Crippen LogP contribution is -2.33. The number of ether oxygens (including phenoxy) is 2. The smallest absolute Gasteiger partial charge is 0.167 e. The molecule has 34 heavy (non-hydrogen) atoms. The molecule has 1 saturated heterocycles. The molecule has 0 bridgehead atoms. The fraction of sp³-hybridized carbons (Fsp3) is 0.292. The molecule has 4 aromatic rings. The van der Waals surface area contributed by atoms with Gasteiger partial charge < -0.3 is 30.1 Å². The first-order chi connectivity index (χ1) is 16.6. The van der Waals surface area contributed by atoms with E-state index in [-0.39, 0.29) is 0 Å². The summed E-state index contributed by atoms with van der Waals surface area (Å²) in [5.74, 6) is 1.31. The van der Waals surface area contributed by atoms with Crippen LogP contribution in [0.3, 0.4) is 0 Å². The lowest BCUT2D eigenvalue weighted by molar-refractivity contribution is -0.0511. The number of nitrogens with one attached hydrogen (secondary N) is 1. The predicted molar refractivity (Wildman–Crippen MR) is 123 cm³/mol. The molecule has 2 aromatic carbocycles. The van der Waals surface area contributed by atoms with Crippen molar-refractivity contribution in [1.29, 1.82) is 0 Å². The zero-order valence-corrected chi connectivity index (χ0v) is 18.2. The van der Waals surface area contributed by atoms with Crippen LogP contribution in [0.15, 0.2) is 67.3 Å². The number of fused-ring (bicyclic) bond motifs is 1. The molecule has 4 N–H and O–H groups in total. The highest BCUT2D eigenvalue weighted by atomic mass is 16.6. The average molecular weight is 463 g/mol. The molecular formula is C24H25N5O5. The van der Waals surface area contributed by atoms with Crippen LogP contribution in [0.4, 0.5) is 5.82 Å². The first kappa shape index (κ1) is 22.2. The van der Waals surface area contributed by atoms with Crippen LogP contribution in [-0.2, 0) is 17.9 Å². The van der Waals surface area contributed by atoms with E-state index < -0.39 is 31.1 Å². The number of aliphatic hydroxyl groups is 3. The summed E-state index contributed by atoms with van der Waals surface area (Å²) in [4.78, 5) is 12.9. The van der Waals surface area contributed by atoms with Crippen molar-refractivity contribution in [3.8, 4) is 5.75 Å². The number of imidazole rings is 1. The zero-order chi connectivity index (χ0) is 23.5. The Kier molecular flexibility index (Phi) is 6.37. The minimum atomic E-state index is -1.22. The average Bonchev–Trinajstić information content (AvgIpc) is 3.43. The molecule has 0 spiro atoms. The molecule has 5 rings (SSSR count). The van der Waals surface area contributed by atoms with E-state index in [1.807, 2.05) is 54.6 Å². The van der Waals surface area contributed by atoms with E-state index in [2.05, 4.69) is 20.3 Å². The van der Waals surface area contributed by atoms with E-state index in [1.165, 1.54) is 17.2 Å². The Hall–Kier alpha value is -3.57. The van der Waals surface area contributed by atoms with Crippen molar-refractivity contribution in [2.75, 3.05) is 11.9 Å². The largest absolute Gasteiger partial charge is 0.489 e. The third-order valence-corrected chi connectivity index (χ3v) is 5.78. The van der Waals surface area contributed by atoms with Gasteiger partial charge in [0, 0.05) is 6.54 Å². The second-order valence-corrected chi connectivity index (χ2v) is 8.05. The minimum absolute atomic E-state index is 0.404. The molecule has 176 valence electrons. The summed E-state index contributed by atoms with van der Waals surface area (Å²) in [5.41, 5.74) is 3.08. The maximum atomic E-state index is 10.3. The van der Waals surface area contributed by atoms with Crippen LogP contribution >= 0.6 is 0 Å². The monoisotopic (exact) mass is 463 g/mol. The van der Waals surface area contributed by atoms with Crippen LogP contribution < -0.4 is 10.1 Å². The zero-order valence-electron chi connectivity index (χ0n) is 18.2. The molecule has 1 fully saturated rings. The summed E-state index contributed by atoms with van der Waals surface area (Å²) in [6.45, 7) is 0.612. The number of aromatic nitrogens is 4. The fourth-order valence-electron chi connectivity index (χ4n) is 3.91. The lowest BCUT2D eigenvalue weighted by atomic mass is 10.1. The van der Waals surface area contributed by atoms with Crippen LogP contribution in [0.5, 0.6) is 5.75 Å². The highest BCUT2D eigenvalue weighted by Crippen LogP contribution is 2.32. The molecule has 10 heteroatoms. The van der Waals surface area contributed by atoms with Gasteiger partial charge in [-0.15, -0.1) is 0 Å². The van der Waals surface area contributed by atoms with Gasteiger partial charge in [0.25, 0.3) is 0 Å². The second-order valence-electron chi connectivity index (χ2n) is 8.05. The molecule has 0 amide bonds. The minimum Gasteiger partial charge on any atom is -0.489 e. The first-order valence-corrected chi connectivity index (χ1v) is 10.9. The molecule has 0 saturated carbocycles. The maximum absolute atomic E-state index is 10.3. The number of benzene rings is 2. The van der Waals surface area contributed by atoms with Gasteiger partial charge in [0.2, 0.25) is 0 Å². The molecule has 0 aliphatic carbocycles. The number of rotatable bonds is 8. The van der Waals surface area contributed by atoms with E-state index >= 15 is 0 Å². The molecule has 0 radical (unpaired) electrons. The SMILES string of the molecule is OC[C@H]1OC(n2cnc3c(NCc4ccc(OCc5ccccc5)cc4)ncnc32)[C@H](O)[C@@H]1O. The Bertz CT molecular complexity index is 1230. The third kappa shape index (κ3) is 4.44. The number of anilines is 1. The van der Waals surface area contributed by atoms with Crippen LogP contribution in [0.1, 0.15) is 17.4 Å². The van der Waals surface area contributed by atoms with E-state index in [0.717, 1.165) is 16.9 Å². The van der Waals surface area contributed by atoms with E-state index in [1.54, 1.807) is 0 Å². The van der Waals surface area contributed by atoms with Gasteiger partial charge in [0.15, 0.2) is 23.2 Å². The van der Waals surface area contributed by atoms with Gasteiger partial charge in [-0.1, -0.05) is 42.5 Å². The fourth-order valence-corrected chi connectivity index (χ4v) is 3.91. The maximum Gasteiger partial charge on any atom is 0.167 e. The summed E-state index contributed by atoms with van der Waals surface area (Å²) in [6.07, 6.45) is -1.34. The topological polar surface area (TPSA) is 135 Å². The normalized spacial score (nSPS) is 22.2. The molecule has 2 aromatic heterocycles. The standard InChI is InChI=1S/C24H25N5O5/c30-11-18-20(31)21(32)24(34-18)29-14-28-19-22(26-13-27-23(19)29)25-10-15-6-8-17(9-7-15)33-12-16-4-2-1-3-5-16/h1-9,13-14,18,20-21,24,30-32H,10-12H2,(H,25,26,27)/t18-,20-,21-,24?/m1/s1. The number of hydrogen-bond donors (Lipinski definition) is 4. The molecule has 1 aliphatic rings. The summed E-state index contributed by atoms with van der Waals surface area (Å²) in [7, 11) is 0. The molecule has 1 unspecified atom stereocenters. The Morgan fingerprint density at radius 3 is 2.47 bits per heavy atom. The van der Waals surface area contributed by atoms with Gasteiger partial charge in [-0.05, 0) is 23.3 Å². The van der Waals surface area contributed by atoms with Crippen molar-refractivity contribution in [3.63, 3.8) is 0 Å². The van der Waals surface area contributed by atoms with Gasteiger partial charge in [-0.3, -0.25) is 4.57 Å². The lowest BCUT2D eigenvalue weighted by Gasteiger charge is -2.16. The first-order valence-electron chi connectivity index (χ1n) is 10.9. The van der Waals surface area contributed by atoms with Crippen molar-refractivity contribution >= 4 is 17.0 Å². The van der Waals surface area contributed by atoms with E-state index in [9.17, 15) is 15.3 Å². The Labute approximate surface area is 195 Å². The van der Waals surface area contributed by atoms with Gasteiger partial charge in [-0.2, -0.15) is 0 Å². The summed E-state index contributed by atoms with van der Waals surface area (Å²) >= 11 is 0. The van der Waals surface area contributed by atoms with Gasteiger partial charge in [0.05, 0.1) is 12.9 Å². The number of nitrogens with zero attached hydrogens (tertiary/aromatic N) is 4. The van der Waals surface area contributed by atoms with Gasteiger partial charge in [0.1, 0.15) is 37.0 Å². The van der Waals surface area contributed by atoms with Gasteiger partial charge >= 0.3 is 0 Å². The van der Waals surface area contributed by atoms with Crippen molar-refractivity contribution in [2.45, 2.75) is 37.7 Å². The van der Waals surface area contributed by atoms with Crippen LogP contribution in [0, 0.1) is 0 Å². The van der Waals surface area contributed by atoms with E-state index in [4.69, 9.17) is 9.47 Å². The summed E-state index contributed by atoms with van der Waals surface area (Å²) in [6, 6.07) is 17.8. The van der Waals surface area contributed by atoms with Crippen LogP contribution in [0.25, 0.3) is 11.2 Å². The summed E-state index contributed by atoms with van der Waals surface area (Å²) < 4.78 is 13.0. The third-order valence-electron chi connectivity index (χ3n) is 5.78. The van der Waals surface area contributed by atoms with Crippen molar-refractivity contribution in [1.82, 2.24) is 19.5 Å². The second kappa shape index (κ2) is 9.74. The summed E-state index contributed by atoms with van der Waals surface area (Å²) in [5, 5.41) is 33.0. The Morgan fingerprint density at radius 2 is 1.74 bits per heavy atom. The molecule has 10 nitrogen and oxygen atoms in total.